The van der Waals surface area contributed by atoms with Gasteiger partial charge in [0.1, 0.15) is 22.9 Å². The number of nitrogens with one attached hydrogen (secondary N) is 3. The van der Waals surface area contributed by atoms with Crippen LogP contribution in [0.25, 0.3) is 5.00 Å². The number of amides is 5. The summed E-state index contributed by atoms with van der Waals surface area (Å²) in [6, 6.07) is 11.4. The number of piperidine rings is 1. The largest absolute Gasteiger partial charge is 0.356 e. The molecule has 3 aliphatic rings. The van der Waals surface area contributed by atoms with Crippen molar-refractivity contribution < 1.29 is 24.0 Å². The minimum atomic E-state index is -0.726. The number of nitrogens with zero attached hydrogens (tertiary/aromatic N) is 5. The fraction of sp³-hybridized carbons (Fsp3) is 0.368. The van der Waals surface area contributed by atoms with Crippen molar-refractivity contribution in [3.8, 4) is 5.00 Å². The van der Waals surface area contributed by atoms with Crippen molar-refractivity contribution in [2.24, 2.45) is 4.99 Å². The van der Waals surface area contributed by atoms with E-state index >= 15 is 0 Å². The van der Waals surface area contributed by atoms with Crippen molar-refractivity contribution in [2.75, 3.05) is 11.9 Å². The van der Waals surface area contributed by atoms with Crippen LogP contribution in [0.15, 0.2) is 47.5 Å². The van der Waals surface area contributed by atoms with E-state index in [4.69, 9.17) is 16.6 Å². The van der Waals surface area contributed by atoms with E-state index in [1.54, 1.807) is 29.5 Å². The van der Waals surface area contributed by atoms with Crippen LogP contribution in [0.3, 0.4) is 0 Å². The Hall–Kier alpha value is -5.21. The van der Waals surface area contributed by atoms with E-state index in [-0.39, 0.29) is 55.9 Å². The van der Waals surface area contributed by atoms with Gasteiger partial charge in [0.15, 0.2) is 5.82 Å². The van der Waals surface area contributed by atoms with E-state index in [2.05, 4.69) is 40.0 Å². The molecule has 0 spiro atoms. The Bertz CT molecular complexity index is 2170. The highest BCUT2D eigenvalue weighted by molar-refractivity contribution is 7.15. The molecule has 274 valence electrons. The first-order valence-electron chi connectivity index (χ1n) is 17.7. The van der Waals surface area contributed by atoms with Crippen LogP contribution >= 0.6 is 22.9 Å². The van der Waals surface area contributed by atoms with Gasteiger partial charge in [-0.15, -0.1) is 21.5 Å². The maximum atomic E-state index is 13.3. The standard InChI is InChI=1S/C38H39ClN8O5S/c1-20-21(2)53-38-33(20)34(23-11-13-24(39)14-12-23)42-28(35-45-44-22(3)47(35)38)18-32(50)40-17-6-4-5-10-30(48)41-27-9-7-8-25-26(27)19-46(37(25)52)29-15-16-31(49)43-36(29)51/h7-9,11-14,28-29H,4-6,10,15-19H2,1-3H3,(H,40,50)(H,41,48)(H,43,49,51). The number of thiophene rings is 1. The summed E-state index contributed by atoms with van der Waals surface area (Å²) in [5, 5.41) is 18.7. The first-order valence-corrected chi connectivity index (χ1v) is 18.9. The molecule has 3 aliphatic heterocycles. The van der Waals surface area contributed by atoms with Crippen LogP contribution in [-0.4, -0.2) is 67.5 Å². The summed E-state index contributed by atoms with van der Waals surface area (Å²) in [4.78, 5) is 71.1. The van der Waals surface area contributed by atoms with Gasteiger partial charge < -0.3 is 15.5 Å². The lowest BCUT2D eigenvalue weighted by molar-refractivity contribution is -0.137. The van der Waals surface area contributed by atoms with Gasteiger partial charge in [-0.25, -0.2) is 0 Å². The Labute approximate surface area is 315 Å². The van der Waals surface area contributed by atoms with Crippen LogP contribution in [0.2, 0.25) is 5.02 Å². The number of imide groups is 1. The summed E-state index contributed by atoms with van der Waals surface area (Å²) < 4.78 is 2.02. The molecule has 53 heavy (non-hydrogen) atoms. The van der Waals surface area contributed by atoms with Crippen LogP contribution in [-0.2, 0) is 25.7 Å². The van der Waals surface area contributed by atoms with Crippen molar-refractivity contribution in [3.63, 3.8) is 0 Å². The number of hydrogen-bond donors (Lipinski definition) is 3. The lowest BCUT2D eigenvalue weighted by Crippen LogP contribution is -2.52. The Morgan fingerprint density at radius 3 is 2.57 bits per heavy atom. The number of aryl methyl sites for hydroxylation is 2. The Morgan fingerprint density at radius 1 is 1.00 bits per heavy atom. The molecule has 2 atom stereocenters. The van der Waals surface area contributed by atoms with Gasteiger partial charge in [0.05, 0.1) is 12.1 Å². The molecule has 5 heterocycles. The Kier molecular flexibility index (Phi) is 10.3. The van der Waals surface area contributed by atoms with Crippen molar-refractivity contribution in [3.05, 3.63) is 91.8 Å². The van der Waals surface area contributed by atoms with Crippen LogP contribution in [0.5, 0.6) is 0 Å². The number of aliphatic imine (C=N–C) groups is 1. The fourth-order valence-corrected chi connectivity index (χ4v) is 8.45. The number of anilines is 1. The van der Waals surface area contributed by atoms with Gasteiger partial charge in [-0.2, -0.15) is 0 Å². The second-order valence-electron chi connectivity index (χ2n) is 13.5. The van der Waals surface area contributed by atoms with Crippen LogP contribution in [0.4, 0.5) is 5.69 Å². The average Bonchev–Trinajstić information content (AvgIpc) is 3.74. The lowest BCUT2D eigenvalue weighted by Gasteiger charge is -2.29. The zero-order valence-corrected chi connectivity index (χ0v) is 31.2. The second kappa shape index (κ2) is 15.0. The van der Waals surface area contributed by atoms with E-state index in [0.29, 0.717) is 47.0 Å². The van der Waals surface area contributed by atoms with Crippen molar-refractivity contribution >= 4 is 63.9 Å². The molecule has 13 nitrogen and oxygen atoms in total. The zero-order chi connectivity index (χ0) is 37.4. The molecule has 0 radical (unpaired) electrons. The highest BCUT2D eigenvalue weighted by atomic mass is 35.5. The Morgan fingerprint density at radius 2 is 1.79 bits per heavy atom. The molecular weight excluding hydrogens is 716 g/mol. The summed E-state index contributed by atoms with van der Waals surface area (Å²) in [7, 11) is 0. The predicted molar refractivity (Wildman–Crippen MR) is 200 cm³/mol. The molecule has 4 aromatic rings. The number of aromatic nitrogens is 3. The molecule has 15 heteroatoms. The van der Waals surface area contributed by atoms with E-state index in [9.17, 15) is 24.0 Å². The molecule has 0 aliphatic carbocycles. The molecule has 7 rings (SSSR count). The predicted octanol–water partition coefficient (Wildman–Crippen LogP) is 5.27. The number of hydrogen-bond acceptors (Lipinski definition) is 9. The molecule has 2 aromatic carbocycles. The third-order valence-corrected chi connectivity index (χ3v) is 11.4. The van der Waals surface area contributed by atoms with Crippen LogP contribution in [0, 0.1) is 20.8 Å². The van der Waals surface area contributed by atoms with Crippen LogP contribution in [0.1, 0.15) is 100 Å². The number of halogens is 1. The Balaban J connectivity index is 0.924. The zero-order valence-electron chi connectivity index (χ0n) is 29.6. The smallest absolute Gasteiger partial charge is 0.255 e. The summed E-state index contributed by atoms with van der Waals surface area (Å²) in [6.45, 7) is 6.70. The second-order valence-corrected chi connectivity index (χ2v) is 15.2. The highest BCUT2D eigenvalue weighted by Crippen LogP contribution is 2.40. The van der Waals surface area contributed by atoms with Gasteiger partial charge in [0.2, 0.25) is 23.6 Å². The van der Waals surface area contributed by atoms with Gasteiger partial charge in [0, 0.05) is 63.8 Å². The SMILES string of the molecule is Cc1sc2c(c1C)C(c1ccc(Cl)cc1)=NC(CC(=O)NCCCCCC(=O)Nc1cccc3c1CN(C1CCC(=O)NC1=O)C3=O)c1nnc(C)n1-2. The highest BCUT2D eigenvalue weighted by Gasteiger charge is 2.40. The summed E-state index contributed by atoms with van der Waals surface area (Å²) in [5.74, 6) is -0.113. The molecule has 1 saturated heterocycles. The first kappa shape index (κ1) is 36.2. The van der Waals surface area contributed by atoms with Crippen molar-refractivity contribution in [1.82, 2.24) is 30.3 Å². The summed E-state index contributed by atoms with van der Waals surface area (Å²) in [6.07, 6.45) is 2.81. The third-order valence-electron chi connectivity index (χ3n) is 9.99. The minimum absolute atomic E-state index is 0.0927. The van der Waals surface area contributed by atoms with Crippen molar-refractivity contribution in [2.45, 2.75) is 84.3 Å². The minimum Gasteiger partial charge on any atom is -0.356 e. The first-order chi connectivity index (χ1) is 25.5. The fourth-order valence-electron chi connectivity index (χ4n) is 7.11. The molecule has 1 fully saturated rings. The molecule has 5 amide bonds. The van der Waals surface area contributed by atoms with Gasteiger partial charge in [-0.05, 0) is 69.9 Å². The molecule has 0 saturated carbocycles. The molecule has 2 aromatic heterocycles. The van der Waals surface area contributed by atoms with Gasteiger partial charge in [-0.1, -0.05) is 36.2 Å². The van der Waals surface area contributed by atoms with Gasteiger partial charge in [0.25, 0.3) is 5.91 Å². The maximum absolute atomic E-state index is 13.3. The monoisotopic (exact) mass is 754 g/mol. The van der Waals surface area contributed by atoms with E-state index in [1.807, 2.05) is 35.8 Å². The quantitative estimate of drug-likeness (QED) is 0.139. The number of benzene rings is 2. The number of fused-ring (bicyclic) bond motifs is 4. The van der Waals surface area contributed by atoms with Gasteiger partial charge in [-0.3, -0.25) is 38.8 Å². The third kappa shape index (κ3) is 7.25. The molecule has 2 unspecified atom stereocenters. The van der Waals surface area contributed by atoms with E-state index in [0.717, 1.165) is 39.6 Å². The van der Waals surface area contributed by atoms with Gasteiger partial charge >= 0.3 is 0 Å². The van der Waals surface area contributed by atoms with E-state index < -0.39 is 18.0 Å². The molecule has 0 bridgehead atoms. The normalized spacial score (nSPS) is 17.8. The summed E-state index contributed by atoms with van der Waals surface area (Å²) in [5.41, 5.74) is 5.46. The lowest BCUT2D eigenvalue weighted by atomic mass is 9.99. The number of rotatable bonds is 11. The van der Waals surface area contributed by atoms with Crippen molar-refractivity contribution in [1.29, 1.82) is 0 Å². The number of carbonyl (C=O) groups excluding carboxylic acids is 5. The average molecular weight is 755 g/mol. The summed E-state index contributed by atoms with van der Waals surface area (Å²) >= 11 is 7.87. The molecular formula is C38H39ClN8O5S. The topological polar surface area (TPSA) is 168 Å². The number of unbranched alkanes of at least 4 members (excludes halogenated alkanes) is 2. The van der Waals surface area contributed by atoms with E-state index in [1.165, 1.54) is 9.78 Å². The van der Waals surface area contributed by atoms with Crippen LogP contribution < -0.4 is 16.0 Å². The maximum Gasteiger partial charge on any atom is 0.255 e. The molecule has 3 N–H and O–H groups in total. The number of carbonyl (C=O) groups is 5.